The van der Waals surface area contributed by atoms with Crippen LogP contribution in [0, 0.1) is 0 Å². The number of nitrogens with zero attached hydrogens (tertiary/aromatic N) is 3. The van der Waals surface area contributed by atoms with E-state index in [9.17, 15) is 4.79 Å². The van der Waals surface area contributed by atoms with Crippen LogP contribution in [0.15, 0.2) is 41.3 Å². The molecule has 0 saturated carbocycles. The molecule has 0 bridgehead atoms. The Kier molecular flexibility index (Phi) is 4.89. The summed E-state index contributed by atoms with van der Waals surface area (Å²) in [6, 6.07) is 9.28. The normalized spacial score (nSPS) is 21.1. The number of rotatable bonds is 4. The third-order valence-electron chi connectivity index (χ3n) is 5.52. The topological polar surface area (TPSA) is 78.3 Å². The molecule has 4 heterocycles. The molecule has 2 atom stereocenters. The van der Waals surface area contributed by atoms with Gasteiger partial charge in [0.25, 0.3) is 5.56 Å². The van der Waals surface area contributed by atoms with Crippen LogP contribution in [0.2, 0.25) is 0 Å². The Bertz CT molecular complexity index is 1120. The molecule has 0 aliphatic carbocycles. The first kappa shape index (κ1) is 18.4. The molecule has 29 heavy (non-hydrogen) atoms. The van der Waals surface area contributed by atoms with Gasteiger partial charge in [-0.1, -0.05) is 0 Å². The fourth-order valence-electron chi connectivity index (χ4n) is 3.97. The Balaban J connectivity index is 1.48. The first-order valence-electron chi connectivity index (χ1n) is 9.69. The van der Waals surface area contributed by atoms with Crippen molar-refractivity contribution in [3.05, 3.63) is 58.1 Å². The zero-order valence-electron chi connectivity index (χ0n) is 16.1. The predicted octanol–water partition coefficient (Wildman–Crippen LogP) is 2.64. The molecule has 7 nitrogen and oxygen atoms in total. The molecule has 1 fully saturated rings. The number of hydrogen-bond acceptors (Lipinski definition) is 7. The molecule has 2 unspecified atom stereocenters. The summed E-state index contributed by atoms with van der Waals surface area (Å²) < 4.78 is 12.7. The number of ether oxygens (including phenoxy) is 2. The molecular weight excluding hydrogens is 388 g/mol. The highest BCUT2D eigenvalue weighted by atomic mass is 32.2. The summed E-state index contributed by atoms with van der Waals surface area (Å²) in [5.74, 6) is 2.69. The van der Waals surface area contributed by atoms with Crippen LogP contribution in [0.25, 0.3) is 10.9 Å². The second-order valence-corrected chi connectivity index (χ2v) is 8.40. The van der Waals surface area contributed by atoms with Crippen molar-refractivity contribution in [2.75, 3.05) is 31.4 Å². The number of fused-ring (bicyclic) bond motifs is 2. The average molecular weight is 410 g/mol. The summed E-state index contributed by atoms with van der Waals surface area (Å²) in [6.45, 7) is 0.976. The van der Waals surface area contributed by atoms with Crippen molar-refractivity contribution < 1.29 is 9.47 Å². The molecule has 0 amide bonds. The number of aromatic nitrogens is 3. The smallest absolute Gasteiger partial charge is 0.267 e. The zero-order valence-corrected chi connectivity index (χ0v) is 16.9. The summed E-state index contributed by atoms with van der Waals surface area (Å²) in [6.07, 6.45) is 2.68. The highest BCUT2D eigenvalue weighted by molar-refractivity contribution is 7.98. The molecule has 0 spiro atoms. The van der Waals surface area contributed by atoms with Gasteiger partial charge in [0.05, 0.1) is 37.6 Å². The van der Waals surface area contributed by atoms with Crippen molar-refractivity contribution >= 4 is 28.4 Å². The number of aryl methyl sites for hydroxylation is 1. The molecule has 1 N–H and O–H groups in total. The van der Waals surface area contributed by atoms with E-state index in [1.54, 1.807) is 24.1 Å². The maximum atomic E-state index is 12.8. The molecular formula is C21H22N4O3S. The summed E-state index contributed by atoms with van der Waals surface area (Å²) in [5, 5.41) is 9.25. The van der Waals surface area contributed by atoms with E-state index in [1.165, 1.54) is 0 Å². The summed E-state index contributed by atoms with van der Waals surface area (Å²) in [5.41, 5.74) is 3.87. The monoisotopic (exact) mass is 410 g/mol. The van der Waals surface area contributed by atoms with Crippen molar-refractivity contribution in [3.63, 3.8) is 0 Å². The maximum absolute atomic E-state index is 12.8. The van der Waals surface area contributed by atoms with Crippen LogP contribution in [0.1, 0.15) is 17.3 Å². The second-order valence-electron chi connectivity index (χ2n) is 7.30. The van der Waals surface area contributed by atoms with E-state index < -0.39 is 0 Å². The van der Waals surface area contributed by atoms with Crippen LogP contribution in [-0.2, 0) is 16.9 Å². The number of methoxy groups -OCH3 is 1. The Morgan fingerprint density at radius 3 is 3.10 bits per heavy atom. The van der Waals surface area contributed by atoms with Crippen LogP contribution in [0.3, 0.4) is 0 Å². The molecule has 8 heteroatoms. The van der Waals surface area contributed by atoms with Crippen LogP contribution in [-0.4, -0.2) is 46.9 Å². The molecule has 2 aliphatic heterocycles. The minimum atomic E-state index is -0.156. The van der Waals surface area contributed by atoms with Gasteiger partial charge in [0.2, 0.25) is 0 Å². The number of hydrogen-bond donors (Lipinski definition) is 1. The van der Waals surface area contributed by atoms with Gasteiger partial charge in [0.15, 0.2) is 0 Å². The van der Waals surface area contributed by atoms with E-state index in [0.29, 0.717) is 13.2 Å². The summed E-state index contributed by atoms with van der Waals surface area (Å²) in [7, 11) is 1.65. The largest absolute Gasteiger partial charge is 0.497 e. The standard InChI is InChI=1S/C21H22N4O3S/c1-27-14-2-3-17-15(9-14)18(4-6-22-17)23-19-10-28-11-20(19)25-21(26)8-13-12-29-7-5-16(13)24-25/h2-4,6,8-9,19-20H,5,7,10-12H2,1H3,(H,22,23). The minimum absolute atomic E-state index is 0.0604. The molecule has 1 aromatic carbocycles. The number of pyridine rings is 1. The predicted molar refractivity (Wildman–Crippen MR) is 114 cm³/mol. The number of benzene rings is 1. The molecule has 150 valence electrons. The molecule has 1 saturated heterocycles. The van der Waals surface area contributed by atoms with Gasteiger partial charge >= 0.3 is 0 Å². The lowest BCUT2D eigenvalue weighted by Gasteiger charge is -2.24. The van der Waals surface area contributed by atoms with Crippen LogP contribution >= 0.6 is 11.8 Å². The lowest BCUT2D eigenvalue weighted by atomic mass is 10.1. The van der Waals surface area contributed by atoms with E-state index in [-0.39, 0.29) is 17.6 Å². The van der Waals surface area contributed by atoms with Gasteiger partial charge in [-0.3, -0.25) is 9.78 Å². The van der Waals surface area contributed by atoms with Crippen molar-refractivity contribution in [1.82, 2.24) is 14.8 Å². The summed E-state index contributed by atoms with van der Waals surface area (Å²) in [4.78, 5) is 17.2. The number of anilines is 1. The van der Waals surface area contributed by atoms with Crippen molar-refractivity contribution in [2.45, 2.75) is 24.3 Å². The first-order chi connectivity index (χ1) is 14.2. The molecule has 0 radical (unpaired) electrons. The SMILES string of the molecule is COc1ccc2nccc(NC3COCC3n3nc4c(cc3=O)CSCC4)c2c1. The van der Waals surface area contributed by atoms with Gasteiger partial charge in [-0.15, -0.1) is 0 Å². The molecule has 2 aliphatic rings. The fourth-order valence-corrected chi connectivity index (χ4v) is 4.92. The van der Waals surface area contributed by atoms with Crippen molar-refractivity contribution in [2.24, 2.45) is 0 Å². The van der Waals surface area contributed by atoms with E-state index in [0.717, 1.165) is 51.5 Å². The zero-order chi connectivity index (χ0) is 19.8. The van der Waals surface area contributed by atoms with Gasteiger partial charge in [-0.05, 0) is 35.6 Å². The Morgan fingerprint density at radius 1 is 1.28 bits per heavy atom. The third-order valence-corrected chi connectivity index (χ3v) is 6.53. The Morgan fingerprint density at radius 2 is 2.21 bits per heavy atom. The van der Waals surface area contributed by atoms with E-state index in [2.05, 4.69) is 10.3 Å². The van der Waals surface area contributed by atoms with Crippen LogP contribution in [0.4, 0.5) is 5.69 Å². The van der Waals surface area contributed by atoms with Crippen molar-refractivity contribution in [3.8, 4) is 5.75 Å². The van der Waals surface area contributed by atoms with Crippen LogP contribution < -0.4 is 15.6 Å². The summed E-state index contributed by atoms with van der Waals surface area (Å²) >= 11 is 1.85. The minimum Gasteiger partial charge on any atom is -0.497 e. The highest BCUT2D eigenvalue weighted by Gasteiger charge is 2.32. The highest BCUT2D eigenvalue weighted by Crippen LogP contribution is 2.30. The van der Waals surface area contributed by atoms with E-state index in [1.807, 2.05) is 36.0 Å². The Labute approximate surface area is 172 Å². The molecule has 3 aromatic rings. The van der Waals surface area contributed by atoms with Gasteiger partial charge < -0.3 is 14.8 Å². The number of thioether (sulfide) groups is 1. The lowest BCUT2D eigenvalue weighted by molar-refractivity contribution is 0.182. The van der Waals surface area contributed by atoms with Gasteiger partial charge in [-0.2, -0.15) is 16.9 Å². The first-order valence-corrected chi connectivity index (χ1v) is 10.8. The van der Waals surface area contributed by atoms with E-state index >= 15 is 0 Å². The van der Waals surface area contributed by atoms with Gasteiger partial charge in [-0.25, -0.2) is 4.68 Å². The quantitative estimate of drug-likeness (QED) is 0.708. The molecule has 5 rings (SSSR count). The van der Waals surface area contributed by atoms with Crippen molar-refractivity contribution in [1.29, 1.82) is 0 Å². The Hall–Kier alpha value is -2.58. The van der Waals surface area contributed by atoms with E-state index in [4.69, 9.17) is 14.6 Å². The second kappa shape index (κ2) is 7.68. The third kappa shape index (κ3) is 3.47. The van der Waals surface area contributed by atoms with Crippen LogP contribution in [0.5, 0.6) is 5.75 Å². The molecule has 2 aromatic heterocycles. The number of nitrogens with one attached hydrogen (secondary N) is 1. The average Bonchev–Trinajstić information content (AvgIpc) is 3.21. The fraction of sp³-hybridized carbons (Fsp3) is 0.381. The van der Waals surface area contributed by atoms with Gasteiger partial charge in [0.1, 0.15) is 11.8 Å². The lowest BCUT2D eigenvalue weighted by Crippen LogP contribution is -2.38. The maximum Gasteiger partial charge on any atom is 0.267 e. The van der Waals surface area contributed by atoms with Gasteiger partial charge in [0, 0.05) is 35.5 Å².